The van der Waals surface area contributed by atoms with Crippen LogP contribution < -0.4 is 9.47 Å². The highest BCUT2D eigenvalue weighted by Crippen LogP contribution is 2.31. The molecular weight excluding hydrogens is 385 g/mol. The van der Waals surface area contributed by atoms with Gasteiger partial charge in [0.2, 0.25) is 0 Å². The Balaban J connectivity index is 2.70. The standard InChI is InChI=1S/C21H31Cl2NO3/c1-5-9-18-15-19(25-13-10-20(22)23)14-17(6-2)21(18)26-11-7-8-12-27-24-16(3)4/h10,14-15H,5-9,11-13H2,1-4H3. The van der Waals surface area contributed by atoms with Crippen LogP contribution in [0.25, 0.3) is 0 Å². The first-order chi connectivity index (χ1) is 13.0. The van der Waals surface area contributed by atoms with Gasteiger partial charge < -0.3 is 14.3 Å². The summed E-state index contributed by atoms with van der Waals surface area (Å²) in [6.45, 7) is 9.73. The number of nitrogens with zero attached hydrogens (tertiary/aromatic N) is 1. The predicted octanol–water partition coefficient (Wildman–Crippen LogP) is 6.47. The van der Waals surface area contributed by atoms with Crippen LogP contribution in [0.15, 0.2) is 27.9 Å². The van der Waals surface area contributed by atoms with Crippen LogP contribution in [0.1, 0.15) is 58.1 Å². The molecule has 0 bridgehead atoms. The summed E-state index contributed by atoms with van der Waals surface area (Å²) in [5.41, 5.74) is 3.25. The molecule has 27 heavy (non-hydrogen) atoms. The van der Waals surface area contributed by atoms with Crippen LogP contribution in [0.2, 0.25) is 0 Å². The van der Waals surface area contributed by atoms with Crippen molar-refractivity contribution in [3.8, 4) is 11.5 Å². The normalized spacial score (nSPS) is 10.3. The van der Waals surface area contributed by atoms with Crippen molar-refractivity contribution in [3.63, 3.8) is 0 Å². The second-order valence-corrected chi connectivity index (χ2v) is 7.41. The predicted molar refractivity (Wildman–Crippen MR) is 115 cm³/mol. The zero-order valence-corrected chi connectivity index (χ0v) is 18.3. The van der Waals surface area contributed by atoms with Crippen LogP contribution in [0.5, 0.6) is 11.5 Å². The molecule has 1 rings (SSSR count). The summed E-state index contributed by atoms with van der Waals surface area (Å²) in [7, 11) is 0. The van der Waals surface area contributed by atoms with Crippen LogP contribution in [-0.2, 0) is 17.7 Å². The number of halogens is 2. The van der Waals surface area contributed by atoms with E-state index in [4.69, 9.17) is 37.5 Å². The monoisotopic (exact) mass is 415 g/mol. The zero-order chi connectivity index (χ0) is 20.1. The Morgan fingerprint density at radius 2 is 1.74 bits per heavy atom. The third kappa shape index (κ3) is 9.92. The minimum absolute atomic E-state index is 0.211. The summed E-state index contributed by atoms with van der Waals surface area (Å²) in [4.78, 5) is 5.22. The molecule has 0 spiro atoms. The molecule has 4 nitrogen and oxygen atoms in total. The Kier molecular flexibility index (Phi) is 12.0. The number of unbranched alkanes of at least 4 members (excludes halogenated alkanes) is 1. The van der Waals surface area contributed by atoms with E-state index in [9.17, 15) is 0 Å². The minimum atomic E-state index is 0.211. The molecule has 0 unspecified atom stereocenters. The molecule has 0 radical (unpaired) electrons. The maximum atomic E-state index is 6.14. The molecule has 0 fully saturated rings. The van der Waals surface area contributed by atoms with Crippen molar-refractivity contribution in [2.75, 3.05) is 19.8 Å². The molecule has 0 aliphatic rings. The fraction of sp³-hybridized carbons (Fsp3) is 0.571. The summed E-state index contributed by atoms with van der Waals surface area (Å²) >= 11 is 11.3. The summed E-state index contributed by atoms with van der Waals surface area (Å²) < 4.78 is 12.1. The molecule has 0 amide bonds. The quantitative estimate of drug-likeness (QED) is 0.210. The third-order valence-electron chi connectivity index (χ3n) is 3.73. The number of hydrogen-bond acceptors (Lipinski definition) is 4. The van der Waals surface area contributed by atoms with E-state index in [-0.39, 0.29) is 4.49 Å². The molecule has 0 heterocycles. The van der Waals surface area contributed by atoms with Crippen LogP contribution >= 0.6 is 23.2 Å². The zero-order valence-electron chi connectivity index (χ0n) is 16.8. The van der Waals surface area contributed by atoms with Gasteiger partial charge in [0.15, 0.2) is 0 Å². The highest BCUT2D eigenvalue weighted by molar-refractivity contribution is 6.55. The number of rotatable bonds is 13. The van der Waals surface area contributed by atoms with Gasteiger partial charge in [-0.25, -0.2) is 0 Å². The Labute approximate surface area is 173 Å². The van der Waals surface area contributed by atoms with Gasteiger partial charge in [-0.05, 0) is 68.9 Å². The first kappa shape index (κ1) is 23.6. The van der Waals surface area contributed by atoms with Gasteiger partial charge in [0.25, 0.3) is 0 Å². The van der Waals surface area contributed by atoms with Crippen molar-refractivity contribution in [2.24, 2.45) is 5.16 Å². The van der Waals surface area contributed by atoms with Crippen molar-refractivity contribution in [1.29, 1.82) is 0 Å². The van der Waals surface area contributed by atoms with Crippen LogP contribution in [-0.4, -0.2) is 25.5 Å². The largest absolute Gasteiger partial charge is 0.493 e. The average molecular weight is 416 g/mol. The van der Waals surface area contributed by atoms with E-state index in [0.29, 0.717) is 19.8 Å². The fourth-order valence-electron chi connectivity index (χ4n) is 2.53. The second-order valence-electron chi connectivity index (χ2n) is 6.41. The Morgan fingerprint density at radius 3 is 2.37 bits per heavy atom. The van der Waals surface area contributed by atoms with E-state index in [1.807, 2.05) is 19.9 Å². The highest BCUT2D eigenvalue weighted by Gasteiger charge is 2.12. The maximum absolute atomic E-state index is 6.14. The number of ether oxygens (including phenoxy) is 2. The highest BCUT2D eigenvalue weighted by atomic mass is 35.5. The van der Waals surface area contributed by atoms with Crippen molar-refractivity contribution in [3.05, 3.63) is 33.8 Å². The lowest BCUT2D eigenvalue weighted by Crippen LogP contribution is -2.06. The van der Waals surface area contributed by atoms with Gasteiger partial charge in [-0.15, -0.1) is 0 Å². The molecule has 0 aromatic heterocycles. The van der Waals surface area contributed by atoms with Gasteiger partial charge in [-0.2, -0.15) is 0 Å². The minimum Gasteiger partial charge on any atom is -0.493 e. The number of hydrogen-bond donors (Lipinski definition) is 0. The van der Waals surface area contributed by atoms with Gasteiger partial charge >= 0.3 is 0 Å². The van der Waals surface area contributed by atoms with Crippen molar-refractivity contribution in [1.82, 2.24) is 0 Å². The van der Waals surface area contributed by atoms with Crippen LogP contribution in [0.4, 0.5) is 0 Å². The van der Waals surface area contributed by atoms with Crippen molar-refractivity contribution < 1.29 is 14.3 Å². The number of aryl methyl sites for hydroxylation is 2. The second kappa shape index (κ2) is 13.7. The smallest absolute Gasteiger partial charge is 0.125 e. The summed E-state index contributed by atoms with van der Waals surface area (Å²) in [5.74, 6) is 1.80. The molecule has 1 aromatic carbocycles. The number of oxime groups is 1. The van der Waals surface area contributed by atoms with E-state index in [0.717, 1.165) is 54.9 Å². The SMILES string of the molecule is CCCc1cc(OCC=C(Cl)Cl)cc(CC)c1OCCCCON=C(C)C. The molecule has 0 saturated heterocycles. The van der Waals surface area contributed by atoms with E-state index in [2.05, 4.69) is 25.1 Å². The molecule has 0 saturated carbocycles. The third-order valence-corrected chi connectivity index (χ3v) is 4.04. The first-order valence-electron chi connectivity index (χ1n) is 9.53. The Bertz CT molecular complexity index is 622. The van der Waals surface area contributed by atoms with E-state index >= 15 is 0 Å². The molecule has 0 aliphatic heterocycles. The topological polar surface area (TPSA) is 40.0 Å². The van der Waals surface area contributed by atoms with Crippen LogP contribution in [0.3, 0.4) is 0 Å². The van der Waals surface area contributed by atoms with Gasteiger partial charge in [-0.3, -0.25) is 0 Å². The van der Waals surface area contributed by atoms with E-state index in [1.54, 1.807) is 6.08 Å². The Morgan fingerprint density at radius 1 is 1.04 bits per heavy atom. The molecule has 0 atom stereocenters. The fourth-order valence-corrected chi connectivity index (χ4v) is 2.65. The van der Waals surface area contributed by atoms with Crippen molar-refractivity contribution >= 4 is 28.9 Å². The molecule has 1 aromatic rings. The first-order valence-corrected chi connectivity index (χ1v) is 10.3. The van der Waals surface area contributed by atoms with Gasteiger partial charge in [0.05, 0.1) is 12.3 Å². The lowest BCUT2D eigenvalue weighted by Gasteiger charge is -2.17. The molecule has 6 heteroatoms. The lowest BCUT2D eigenvalue weighted by molar-refractivity contribution is 0.135. The summed E-state index contributed by atoms with van der Waals surface area (Å²) in [5, 5.41) is 3.93. The molecular formula is C21H31Cl2NO3. The van der Waals surface area contributed by atoms with E-state index < -0.39 is 0 Å². The number of benzene rings is 1. The lowest BCUT2D eigenvalue weighted by atomic mass is 10.0. The molecule has 152 valence electrons. The van der Waals surface area contributed by atoms with Gasteiger partial charge in [0, 0.05) is 0 Å². The maximum Gasteiger partial charge on any atom is 0.125 e. The Hall–Kier alpha value is -1.39. The van der Waals surface area contributed by atoms with Crippen molar-refractivity contribution in [2.45, 2.75) is 59.8 Å². The average Bonchev–Trinajstić information content (AvgIpc) is 2.61. The molecule has 0 N–H and O–H groups in total. The van der Waals surface area contributed by atoms with Crippen LogP contribution in [0, 0.1) is 0 Å². The van der Waals surface area contributed by atoms with Gasteiger partial charge in [-0.1, -0.05) is 48.6 Å². The summed E-state index contributed by atoms with van der Waals surface area (Å²) in [6, 6.07) is 4.09. The van der Waals surface area contributed by atoms with Gasteiger partial charge in [0.1, 0.15) is 29.2 Å². The summed E-state index contributed by atoms with van der Waals surface area (Å²) in [6.07, 6.45) is 6.32. The van der Waals surface area contributed by atoms with E-state index in [1.165, 1.54) is 5.56 Å². The molecule has 0 aliphatic carbocycles.